The number of anilines is 1. The van der Waals surface area contributed by atoms with Crippen molar-refractivity contribution in [2.75, 3.05) is 11.1 Å². The van der Waals surface area contributed by atoms with Gasteiger partial charge in [0.15, 0.2) is 17.2 Å². The maximum Gasteiger partial charge on any atom is 0.228 e. The number of carbonyl (C=O) groups excluding carboxylic acids is 2. The molecule has 3 atom stereocenters. The molecule has 10 heteroatoms. The smallest absolute Gasteiger partial charge is 0.228 e. The summed E-state index contributed by atoms with van der Waals surface area (Å²) < 4.78 is 12.7. The van der Waals surface area contributed by atoms with Gasteiger partial charge in [0.2, 0.25) is 5.91 Å². The quantitative estimate of drug-likeness (QED) is 0.183. The number of aliphatic hydroxyl groups excluding tert-OH is 1. The maximum atomic E-state index is 12.6. The van der Waals surface area contributed by atoms with Crippen molar-refractivity contribution >= 4 is 29.1 Å². The molecular formula is C30H30N4O5S. The first kappa shape index (κ1) is 27.7. The van der Waals surface area contributed by atoms with E-state index in [1.54, 1.807) is 36.0 Å². The first-order valence-corrected chi connectivity index (χ1v) is 13.9. The van der Waals surface area contributed by atoms with Crippen molar-refractivity contribution in [2.45, 2.75) is 50.0 Å². The molecule has 0 radical (unpaired) electrons. The average molecular weight is 559 g/mol. The standard InChI is InChI=1S/C30H30N4O5S/c1-19(36)24-3-2-4-25(14-24)33-28(37)13-20-5-11-23(12-6-20)29-38-26(17-40-30-31-18-32-34-30)15-27(39-29)22-9-7-21(16-35)8-10-22/h2-12,14,18,26-27,29,35H,13,15-17H2,1H3,(H,33,37)(H,31,32,34). The van der Waals surface area contributed by atoms with Gasteiger partial charge in [0.25, 0.3) is 0 Å². The molecule has 3 N–H and O–H groups in total. The molecule has 1 amide bonds. The monoisotopic (exact) mass is 558 g/mol. The Morgan fingerprint density at radius 3 is 2.48 bits per heavy atom. The second-order valence-electron chi connectivity index (χ2n) is 9.56. The van der Waals surface area contributed by atoms with Gasteiger partial charge in [-0.15, -0.1) is 0 Å². The average Bonchev–Trinajstić information content (AvgIpc) is 3.50. The number of carbonyl (C=O) groups is 2. The van der Waals surface area contributed by atoms with Gasteiger partial charge in [-0.05, 0) is 35.7 Å². The number of thioether (sulfide) groups is 1. The van der Waals surface area contributed by atoms with E-state index in [4.69, 9.17) is 9.47 Å². The van der Waals surface area contributed by atoms with E-state index in [-0.39, 0.29) is 36.9 Å². The summed E-state index contributed by atoms with van der Waals surface area (Å²) in [5, 5.41) is 19.8. The first-order chi connectivity index (χ1) is 19.5. The summed E-state index contributed by atoms with van der Waals surface area (Å²) in [4.78, 5) is 28.4. The Bertz CT molecular complexity index is 1430. The molecule has 1 aliphatic heterocycles. The van der Waals surface area contributed by atoms with Crippen molar-refractivity contribution in [1.82, 2.24) is 15.2 Å². The Kier molecular flexibility index (Phi) is 9.02. The van der Waals surface area contributed by atoms with Crippen LogP contribution in [0.1, 0.15) is 58.4 Å². The molecule has 5 rings (SSSR count). The van der Waals surface area contributed by atoms with Crippen molar-refractivity contribution in [3.63, 3.8) is 0 Å². The molecule has 0 aliphatic carbocycles. The van der Waals surface area contributed by atoms with E-state index in [1.165, 1.54) is 13.3 Å². The molecule has 9 nitrogen and oxygen atoms in total. The van der Waals surface area contributed by atoms with E-state index in [1.807, 2.05) is 48.5 Å². The minimum Gasteiger partial charge on any atom is -0.392 e. The van der Waals surface area contributed by atoms with Gasteiger partial charge in [-0.3, -0.25) is 14.7 Å². The van der Waals surface area contributed by atoms with Gasteiger partial charge in [-0.2, -0.15) is 5.10 Å². The van der Waals surface area contributed by atoms with Gasteiger partial charge in [-0.1, -0.05) is 72.4 Å². The van der Waals surface area contributed by atoms with Crippen molar-refractivity contribution in [3.8, 4) is 0 Å². The van der Waals surface area contributed by atoms with Crippen molar-refractivity contribution in [1.29, 1.82) is 0 Å². The summed E-state index contributed by atoms with van der Waals surface area (Å²) >= 11 is 1.54. The summed E-state index contributed by atoms with van der Waals surface area (Å²) in [5.41, 5.74) is 4.69. The van der Waals surface area contributed by atoms with Crippen LogP contribution in [0.4, 0.5) is 5.69 Å². The molecule has 0 bridgehead atoms. The van der Waals surface area contributed by atoms with Crippen LogP contribution in [-0.4, -0.2) is 43.8 Å². The SMILES string of the molecule is CC(=O)c1cccc(NC(=O)Cc2ccc(C3OC(CSc4ncn[nH]4)CC(c4ccc(CO)cc4)O3)cc2)c1. The highest BCUT2D eigenvalue weighted by Crippen LogP contribution is 2.39. The van der Waals surface area contributed by atoms with Gasteiger partial charge in [0.05, 0.1) is 25.2 Å². The van der Waals surface area contributed by atoms with Crippen molar-refractivity contribution in [2.24, 2.45) is 0 Å². The zero-order chi connectivity index (χ0) is 27.9. The van der Waals surface area contributed by atoms with Gasteiger partial charge in [-0.25, -0.2) is 4.98 Å². The van der Waals surface area contributed by atoms with E-state index < -0.39 is 6.29 Å². The topological polar surface area (TPSA) is 126 Å². The number of aromatic nitrogens is 3. The number of aliphatic hydroxyl groups is 1. The number of benzene rings is 3. The van der Waals surface area contributed by atoms with Gasteiger partial charge < -0.3 is 19.9 Å². The van der Waals surface area contributed by atoms with Crippen LogP contribution in [0.5, 0.6) is 0 Å². The molecule has 0 saturated carbocycles. The number of nitrogens with one attached hydrogen (secondary N) is 2. The summed E-state index contributed by atoms with van der Waals surface area (Å²) in [6, 6.07) is 22.3. The van der Waals surface area contributed by atoms with Crippen LogP contribution in [0.25, 0.3) is 0 Å². The first-order valence-electron chi connectivity index (χ1n) is 13.0. The molecule has 40 heavy (non-hydrogen) atoms. The summed E-state index contributed by atoms with van der Waals surface area (Å²) in [5.74, 6) is 0.445. The second-order valence-corrected chi connectivity index (χ2v) is 10.6. The van der Waals surface area contributed by atoms with E-state index in [0.717, 1.165) is 27.4 Å². The number of hydrogen-bond donors (Lipinski definition) is 3. The molecule has 4 aromatic rings. The number of Topliss-reactive ketones (excluding diaryl/α,β-unsaturated/α-hetero) is 1. The van der Waals surface area contributed by atoms with E-state index in [9.17, 15) is 14.7 Å². The highest BCUT2D eigenvalue weighted by Gasteiger charge is 2.32. The maximum absolute atomic E-state index is 12.6. The number of ketones is 1. The predicted octanol–water partition coefficient (Wildman–Crippen LogP) is 5.02. The number of H-pyrrole nitrogens is 1. The second kappa shape index (κ2) is 13.0. The minimum atomic E-state index is -0.589. The van der Waals surface area contributed by atoms with Gasteiger partial charge in [0.1, 0.15) is 6.33 Å². The van der Waals surface area contributed by atoms with Crippen LogP contribution in [0.3, 0.4) is 0 Å². The van der Waals surface area contributed by atoms with Crippen LogP contribution in [0, 0.1) is 0 Å². The highest BCUT2D eigenvalue weighted by atomic mass is 32.2. The normalized spacial score (nSPS) is 18.8. The van der Waals surface area contributed by atoms with Crippen LogP contribution >= 0.6 is 11.8 Å². The molecule has 1 fully saturated rings. The zero-order valence-corrected chi connectivity index (χ0v) is 22.8. The molecule has 206 valence electrons. The number of rotatable bonds is 10. The lowest BCUT2D eigenvalue weighted by Gasteiger charge is -2.36. The molecule has 0 spiro atoms. The summed E-state index contributed by atoms with van der Waals surface area (Å²) in [6.07, 6.45) is 1.45. The van der Waals surface area contributed by atoms with Crippen LogP contribution < -0.4 is 5.32 Å². The Morgan fingerprint density at radius 2 is 1.77 bits per heavy atom. The van der Waals surface area contributed by atoms with Crippen LogP contribution in [0.15, 0.2) is 84.3 Å². The third kappa shape index (κ3) is 7.22. The largest absolute Gasteiger partial charge is 0.392 e. The number of amides is 1. The Labute approximate surface area is 236 Å². The molecule has 1 aromatic heterocycles. The van der Waals surface area contributed by atoms with Gasteiger partial charge in [0, 0.05) is 29.0 Å². The molecule has 3 aromatic carbocycles. The molecular weight excluding hydrogens is 528 g/mol. The third-order valence-electron chi connectivity index (χ3n) is 6.58. The lowest BCUT2D eigenvalue weighted by Crippen LogP contribution is -2.31. The molecule has 1 saturated heterocycles. The van der Waals surface area contributed by atoms with Crippen LogP contribution in [0.2, 0.25) is 0 Å². The number of hydrogen-bond acceptors (Lipinski definition) is 8. The Hall–Kier alpha value is -3.83. The van der Waals surface area contributed by atoms with Crippen LogP contribution in [-0.2, 0) is 27.3 Å². The predicted molar refractivity (Wildman–Crippen MR) is 151 cm³/mol. The molecule has 2 heterocycles. The fourth-order valence-corrected chi connectivity index (χ4v) is 5.25. The summed E-state index contributed by atoms with van der Waals surface area (Å²) in [6.45, 7) is 1.48. The number of aromatic amines is 1. The van der Waals surface area contributed by atoms with E-state index in [0.29, 0.717) is 23.4 Å². The Morgan fingerprint density at radius 1 is 1.02 bits per heavy atom. The van der Waals surface area contributed by atoms with Crippen molar-refractivity contribution in [3.05, 3.63) is 107 Å². The van der Waals surface area contributed by atoms with E-state index in [2.05, 4.69) is 20.5 Å². The van der Waals surface area contributed by atoms with E-state index >= 15 is 0 Å². The minimum absolute atomic E-state index is 0.0108. The lowest BCUT2D eigenvalue weighted by molar-refractivity contribution is -0.245. The Balaban J connectivity index is 1.26. The lowest BCUT2D eigenvalue weighted by atomic mass is 10.0. The highest BCUT2D eigenvalue weighted by molar-refractivity contribution is 7.99. The van der Waals surface area contributed by atoms with Crippen molar-refractivity contribution < 1.29 is 24.2 Å². The van der Waals surface area contributed by atoms with Gasteiger partial charge >= 0.3 is 0 Å². The number of ether oxygens (including phenoxy) is 2. The zero-order valence-electron chi connectivity index (χ0n) is 21.9. The number of nitrogens with zero attached hydrogens (tertiary/aromatic N) is 2. The third-order valence-corrected chi connectivity index (χ3v) is 7.59. The molecule has 3 unspecified atom stereocenters. The summed E-state index contributed by atoms with van der Waals surface area (Å²) in [7, 11) is 0. The fraction of sp³-hybridized carbons (Fsp3) is 0.267. The molecule has 1 aliphatic rings. The fourth-order valence-electron chi connectivity index (χ4n) is 4.46.